The summed E-state index contributed by atoms with van der Waals surface area (Å²) in [6.07, 6.45) is 6.82. The van der Waals surface area contributed by atoms with Gasteiger partial charge < -0.3 is 15.0 Å². The summed E-state index contributed by atoms with van der Waals surface area (Å²) in [6.45, 7) is 7.18. The van der Waals surface area contributed by atoms with Gasteiger partial charge in [-0.2, -0.15) is 0 Å². The van der Waals surface area contributed by atoms with Crippen molar-refractivity contribution >= 4 is 5.91 Å². The first-order valence-corrected chi connectivity index (χ1v) is 10.2. The second-order valence-electron chi connectivity index (χ2n) is 8.25. The molecule has 0 radical (unpaired) electrons. The van der Waals surface area contributed by atoms with Gasteiger partial charge in [0.15, 0.2) is 0 Å². The number of hydrogen-bond acceptors (Lipinski definition) is 3. The molecule has 4 nitrogen and oxygen atoms in total. The second-order valence-corrected chi connectivity index (χ2v) is 8.25. The molecule has 1 N–H and O–H groups in total. The van der Waals surface area contributed by atoms with Gasteiger partial charge in [-0.05, 0) is 52.1 Å². The molecule has 3 rings (SSSR count). The van der Waals surface area contributed by atoms with Crippen molar-refractivity contribution in [1.29, 1.82) is 0 Å². The lowest BCUT2D eigenvalue weighted by atomic mass is 9.72. The largest absolute Gasteiger partial charge is 0.381 e. The molecule has 1 aromatic carbocycles. The molecule has 0 aromatic heterocycles. The minimum atomic E-state index is -0.443. The van der Waals surface area contributed by atoms with Gasteiger partial charge in [0.1, 0.15) is 0 Å². The van der Waals surface area contributed by atoms with Crippen LogP contribution in [0, 0.1) is 13.8 Å². The number of carbonyl (C=O) groups excluding carboxylic acids is 1. The predicted octanol–water partition coefficient (Wildman–Crippen LogP) is 3.34. The number of ether oxygens (including phenoxy) is 1. The maximum absolute atomic E-state index is 13.3. The maximum Gasteiger partial charge on any atom is 0.230 e. The third kappa shape index (κ3) is 4.29. The lowest BCUT2D eigenvalue weighted by Crippen LogP contribution is -2.49. The lowest BCUT2D eigenvalue weighted by molar-refractivity contribution is -0.130. The molecule has 1 aliphatic heterocycles. The highest BCUT2D eigenvalue weighted by atomic mass is 16.5. The van der Waals surface area contributed by atoms with Crippen LogP contribution in [0.25, 0.3) is 0 Å². The van der Waals surface area contributed by atoms with Crippen molar-refractivity contribution in [2.24, 2.45) is 0 Å². The zero-order chi connectivity index (χ0) is 18.6. The first-order chi connectivity index (χ1) is 12.5. The fourth-order valence-electron chi connectivity index (χ4n) is 4.66. The summed E-state index contributed by atoms with van der Waals surface area (Å²) in [7, 11) is 2.19. The van der Waals surface area contributed by atoms with Crippen molar-refractivity contribution in [3.05, 3.63) is 34.9 Å². The molecule has 26 heavy (non-hydrogen) atoms. The fourth-order valence-corrected chi connectivity index (χ4v) is 4.66. The average molecular weight is 359 g/mol. The van der Waals surface area contributed by atoms with E-state index in [4.69, 9.17) is 4.74 Å². The molecule has 0 atom stereocenters. The van der Waals surface area contributed by atoms with E-state index < -0.39 is 5.41 Å². The summed E-state index contributed by atoms with van der Waals surface area (Å²) < 4.78 is 5.58. The van der Waals surface area contributed by atoms with Crippen molar-refractivity contribution in [2.45, 2.75) is 63.8 Å². The third-order valence-electron chi connectivity index (χ3n) is 6.25. The Morgan fingerprint density at radius 1 is 1.15 bits per heavy atom. The zero-order valence-electron chi connectivity index (χ0n) is 16.6. The van der Waals surface area contributed by atoms with E-state index in [2.05, 4.69) is 49.3 Å². The summed E-state index contributed by atoms with van der Waals surface area (Å²) in [5.41, 5.74) is 3.15. The van der Waals surface area contributed by atoms with E-state index in [1.807, 2.05) is 0 Å². The molecular formula is C22H34N2O2. The summed E-state index contributed by atoms with van der Waals surface area (Å²) >= 11 is 0. The van der Waals surface area contributed by atoms with Crippen molar-refractivity contribution in [3.63, 3.8) is 0 Å². The van der Waals surface area contributed by atoms with Gasteiger partial charge in [0.2, 0.25) is 5.91 Å². The number of hydrogen-bond donors (Lipinski definition) is 1. The normalized spacial score (nSPS) is 20.5. The van der Waals surface area contributed by atoms with Crippen molar-refractivity contribution < 1.29 is 9.53 Å². The number of nitrogens with zero attached hydrogens (tertiary/aromatic N) is 1. The Bertz CT molecular complexity index is 596. The van der Waals surface area contributed by atoms with E-state index in [0.717, 1.165) is 31.5 Å². The van der Waals surface area contributed by atoms with Crippen LogP contribution in [0.1, 0.15) is 55.2 Å². The van der Waals surface area contributed by atoms with Crippen LogP contribution >= 0.6 is 0 Å². The van der Waals surface area contributed by atoms with Gasteiger partial charge in [0, 0.05) is 32.3 Å². The highest BCUT2D eigenvalue weighted by Crippen LogP contribution is 2.36. The Kier molecular flexibility index (Phi) is 6.36. The van der Waals surface area contributed by atoms with Gasteiger partial charge in [-0.1, -0.05) is 42.2 Å². The van der Waals surface area contributed by atoms with Crippen LogP contribution in [0.5, 0.6) is 0 Å². The van der Waals surface area contributed by atoms with Crippen LogP contribution in [-0.2, 0) is 14.9 Å². The topological polar surface area (TPSA) is 41.6 Å². The van der Waals surface area contributed by atoms with Crippen LogP contribution in [0.3, 0.4) is 0 Å². The standard InChI is InChI=1S/C22H34N2O2/c1-17-14-18(2)16-19(15-17)22(8-12-26-13-9-22)21(25)23-10-11-24(3)20-6-4-5-7-20/h14-16,20H,4-13H2,1-3H3,(H,23,25). The molecular weight excluding hydrogens is 324 g/mol. The Labute approximate surface area is 158 Å². The van der Waals surface area contributed by atoms with Crippen LogP contribution < -0.4 is 5.32 Å². The van der Waals surface area contributed by atoms with E-state index in [1.54, 1.807) is 0 Å². The summed E-state index contributed by atoms with van der Waals surface area (Å²) in [4.78, 5) is 15.7. The Morgan fingerprint density at radius 2 is 1.77 bits per heavy atom. The summed E-state index contributed by atoms with van der Waals surface area (Å²) in [5.74, 6) is 0.172. The number of nitrogens with one attached hydrogen (secondary N) is 1. The van der Waals surface area contributed by atoms with Crippen LogP contribution in [0.4, 0.5) is 0 Å². The molecule has 0 unspecified atom stereocenters. The third-order valence-corrected chi connectivity index (χ3v) is 6.25. The molecule has 2 aliphatic rings. The smallest absolute Gasteiger partial charge is 0.230 e. The quantitative estimate of drug-likeness (QED) is 0.848. The molecule has 0 bridgehead atoms. The van der Waals surface area contributed by atoms with Crippen LogP contribution in [0.15, 0.2) is 18.2 Å². The zero-order valence-corrected chi connectivity index (χ0v) is 16.6. The molecule has 1 aliphatic carbocycles. The van der Waals surface area contributed by atoms with E-state index in [9.17, 15) is 4.79 Å². The Hall–Kier alpha value is -1.39. The van der Waals surface area contributed by atoms with E-state index in [1.165, 1.54) is 36.8 Å². The molecule has 2 fully saturated rings. The van der Waals surface area contributed by atoms with Crippen molar-refractivity contribution in [2.75, 3.05) is 33.4 Å². The summed E-state index contributed by atoms with van der Waals surface area (Å²) in [6, 6.07) is 7.24. The number of amides is 1. The molecule has 1 aromatic rings. The van der Waals surface area contributed by atoms with Gasteiger partial charge in [0.05, 0.1) is 5.41 Å². The first kappa shape index (κ1) is 19.4. The minimum Gasteiger partial charge on any atom is -0.381 e. The second kappa shape index (κ2) is 8.53. The maximum atomic E-state index is 13.3. The van der Waals surface area contributed by atoms with Gasteiger partial charge in [-0.3, -0.25) is 4.79 Å². The monoisotopic (exact) mass is 358 g/mol. The number of benzene rings is 1. The van der Waals surface area contributed by atoms with Crippen LogP contribution in [0.2, 0.25) is 0 Å². The SMILES string of the molecule is Cc1cc(C)cc(C2(C(=O)NCCN(C)C3CCCC3)CCOCC2)c1. The molecule has 1 amide bonds. The summed E-state index contributed by atoms with van der Waals surface area (Å²) in [5, 5.41) is 3.25. The molecule has 0 spiro atoms. The highest BCUT2D eigenvalue weighted by Gasteiger charge is 2.41. The predicted molar refractivity (Wildman–Crippen MR) is 106 cm³/mol. The average Bonchev–Trinajstić information content (AvgIpc) is 3.16. The Morgan fingerprint density at radius 3 is 2.38 bits per heavy atom. The van der Waals surface area contributed by atoms with Crippen LogP contribution in [-0.4, -0.2) is 50.2 Å². The highest BCUT2D eigenvalue weighted by molar-refractivity contribution is 5.88. The number of likely N-dealkylation sites (N-methyl/N-ethyl adjacent to an activating group) is 1. The molecule has 1 saturated heterocycles. The van der Waals surface area contributed by atoms with Gasteiger partial charge in [0.25, 0.3) is 0 Å². The Balaban J connectivity index is 1.67. The minimum absolute atomic E-state index is 0.172. The van der Waals surface area contributed by atoms with Gasteiger partial charge >= 0.3 is 0 Å². The lowest BCUT2D eigenvalue weighted by Gasteiger charge is -2.37. The molecule has 4 heteroatoms. The van der Waals surface area contributed by atoms with E-state index in [-0.39, 0.29) is 5.91 Å². The van der Waals surface area contributed by atoms with Gasteiger partial charge in [-0.25, -0.2) is 0 Å². The molecule has 1 saturated carbocycles. The van der Waals surface area contributed by atoms with E-state index >= 15 is 0 Å². The number of carbonyl (C=O) groups is 1. The molecule has 144 valence electrons. The van der Waals surface area contributed by atoms with E-state index in [0.29, 0.717) is 19.3 Å². The van der Waals surface area contributed by atoms with Crippen molar-refractivity contribution in [3.8, 4) is 0 Å². The van der Waals surface area contributed by atoms with Gasteiger partial charge in [-0.15, -0.1) is 0 Å². The molecule has 1 heterocycles. The number of aryl methyl sites for hydroxylation is 2. The first-order valence-electron chi connectivity index (χ1n) is 10.2. The van der Waals surface area contributed by atoms with Crippen molar-refractivity contribution in [1.82, 2.24) is 10.2 Å². The number of rotatable bonds is 6. The fraction of sp³-hybridized carbons (Fsp3) is 0.682.